The molecular formula is C12H20N2O. The first kappa shape index (κ1) is 11.9. The molecule has 0 aromatic heterocycles. The molecule has 0 spiro atoms. The molecule has 0 saturated carbocycles. The Morgan fingerprint density at radius 3 is 2.73 bits per heavy atom. The standard InChI is InChI=1S/C12H20N2O/c1-10(13)7-8-15-12-6-4-5-11(9-12)14(2)3/h4-6,9-10H,7-8,13H2,1-3H3. The van der Waals surface area contributed by atoms with Crippen LogP contribution in [0.3, 0.4) is 0 Å². The van der Waals surface area contributed by atoms with Gasteiger partial charge in [-0.3, -0.25) is 0 Å². The summed E-state index contributed by atoms with van der Waals surface area (Å²) in [5.41, 5.74) is 6.79. The molecule has 1 unspecified atom stereocenters. The Bertz CT molecular complexity index is 297. The van der Waals surface area contributed by atoms with Crippen LogP contribution >= 0.6 is 0 Å². The maximum atomic E-state index is 5.65. The van der Waals surface area contributed by atoms with Crippen molar-refractivity contribution in [2.24, 2.45) is 5.73 Å². The molecule has 0 radical (unpaired) electrons. The lowest BCUT2D eigenvalue weighted by atomic mass is 10.2. The van der Waals surface area contributed by atoms with Crippen LogP contribution in [0, 0.1) is 0 Å². The van der Waals surface area contributed by atoms with Gasteiger partial charge in [0.25, 0.3) is 0 Å². The van der Waals surface area contributed by atoms with Gasteiger partial charge in [0.05, 0.1) is 6.61 Å². The average molecular weight is 208 g/mol. The lowest BCUT2D eigenvalue weighted by Crippen LogP contribution is -2.18. The Balaban J connectivity index is 2.50. The minimum Gasteiger partial charge on any atom is -0.493 e. The normalized spacial score (nSPS) is 12.3. The molecule has 0 saturated heterocycles. The van der Waals surface area contributed by atoms with E-state index in [-0.39, 0.29) is 6.04 Å². The highest BCUT2D eigenvalue weighted by atomic mass is 16.5. The summed E-state index contributed by atoms with van der Waals surface area (Å²) in [7, 11) is 4.03. The van der Waals surface area contributed by atoms with Gasteiger partial charge < -0.3 is 15.4 Å². The summed E-state index contributed by atoms with van der Waals surface area (Å²) >= 11 is 0. The molecule has 0 aliphatic rings. The molecule has 0 bridgehead atoms. The average Bonchev–Trinajstić information content (AvgIpc) is 2.17. The van der Waals surface area contributed by atoms with Crippen molar-refractivity contribution >= 4 is 5.69 Å². The minimum absolute atomic E-state index is 0.196. The SMILES string of the molecule is CC(N)CCOc1cccc(N(C)C)c1. The second kappa shape index (κ2) is 5.61. The van der Waals surface area contributed by atoms with Gasteiger partial charge >= 0.3 is 0 Å². The number of hydrogen-bond donors (Lipinski definition) is 1. The summed E-state index contributed by atoms with van der Waals surface area (Å²) in [4.78, 5) is 2.05. The fourth-order valence-electron chi connectivity index (χ4n) is 1.21. The predicted molar refractivity (Wildman–Crippen MR) is 64.5 cm³/mol. The van der Waals surface area contributed by atoms with E-state index in [2.05, 4.69) is 11.0 Å². The highest BCUT2D eigenvalue weighted by Crippen LogP contribution is 2.19. The van der Waals surface area contributed by atoms with Gasteiger partial charge in [0, 0.05) is 31.9 Å². The highest BCUT2D eigenvalue weighted by molar-refractivity contribution is 5.49. The largest absolute Gasteiger partial charge is 0.493 e. The lowest BCUT2D eigenvalue weighted by Gasteiger charge is -2.14. The van der Waals surface area contributed by atoms with Crippen LogP contribution in [-0.4, -0.2) is 26.7 Å². The molecule has 1 atom stereocenters. The van der Waals surface area contributed by atoms with Crippen molar-refractivity contribution in [1.82, 2.24) is 0 Å². The van der Waals surface area contributed by atoms with Gasteiger partial charge in [0.1, 0.15) is 5.75 Å². The topological polar surface area (TPSA) is 38.5 Å². The Hall–Kier alpha value is -1.22. The number of nitrogens with zero attached hydrogens (tertiary/aromatic N) is 1. The van der Waals surface area contributed by atoms with Crippen LogP contribution in [0.4, 0.5) is 5.69 Å². The van der Waals surface area contributed by atoms with Crippen LogP contribution in [0.2, 0.25) is 0 Å². The number of benzene rings is 1. The molecule has 84 valence electrons. The van der Waals surface area contributed by atoms with E-state index in [0.717, 1.165) is 17.9 Å². The molecule has 1 aromatic rings. The zero-order valence-corrected chi connectivity index (χ0v) is 9.73. The smallest absolute Gasteiger partial charge is 0.121 e. The molecule has 0 heterocycles. The van der Waals surface area contributed by atoms with E-state index in [9.17, 15) is 0 Å². The molecule has 1 aromatic carbocycles. The summed E-state index contributed by atoms with van der Waals surface area (Å²) in [6.45, 7) is 2.66. The van der Waals surface area contributed by atoms with Gasteiger partial charge in [-0.25, -0.2) is 0 Å². The lowest BCUT2D eigenvalue weighted by molar-refractivity contribution is 0.301. The summed E-state index contributed by atoms with van der Waals surface area (Å²) in [6.07, 6.45) is 0.881. The first-order valence-corrected chi connectivity index (χ1v) is 5.25. The van der Waals surface area contributed by atoms with Crippen LogP contribution in [0.1, 0.15) is 13.3 Å². The van der Waals surface area contributed by atoms with Crippen LogP contribution in [0.25, 0.3) is 0 Å². The van der Waals surface area contributed by atoms with Crippen LogP contribution in [-0.2, 0) is 0 Å². The third-order valence-corrected chi connectivity index (χ3v) is 2.18. The van der Waals surface area contributed by atoms with Crippen LogP contribution in [0.5, 0.6) is 5.75 Å². The van der Waals surface area contributed by atoms with Crippen LogP contribution in [0.15, 0.2) is 24.3 Å². The Morgan fingerprint density at radius 1 is 1.40 bits per heavy atom. The highest BCUT2D eigenvalue weighted by Gasteiger charge is 1.99. The second-order valence-electron chi connectivity index (χ2n) is 4.01. The number of nitrogens with two attached hydrogens (primary N) is 1. The molecule has 0 fully saturated rings. The van der Waals surface area contributed by atoms with Gasteiger partial charge in [-0.05, 0) is 25.5 Å². The monoisotopic (exact) mass is 208 g/mol. The van der Waals surface area contributed by atoms with Crippen molar-refractivity contribution < 1.29 is 4.74 Å². The maximum absolute atomic E-state index is 5.65. The van der Waals surface area contributed by atoms with Gasteiger partial charge in [0.15, 0.2) is 0 Å². The zero-order chi connectivity index (χ0) is 11.3. The van der Waals surface area contributed by atoms with Crippen molar-refractivity contribution in [2.75, 3.05) is 25.6 Å². The third-order valence-electron chi connectivity index (χ3n) is 2.18. The quantitative estimate of drug-likeness (QED) is 0.802. The van der Waals surface area contributed by atoms with Crippen molar-refractivity contribution in [3.63, 3.8) is 0 Å². The molecule has 3 heteroatoms. The number of ether oxygens (including phenoxy) is 1. The van der Waals surface area contributed by atoms with E-state index in [1.807, 2.05) is 39.2 Å². The predicted octanol–water partition coefficient (Wildman–Crippen LogP) is 1.87. The molecule has 1 rings (SSSR count). The Labute approximate surface area is 91.8 Å². The fraction of sp³-hybridized carbons (Fsp3) is 0.500. The van der Waals surface area contributed by atoms with E-state index in [1.165, 1.54) is 0 Å². The summed E-state index contributed by atoms with van der Waals surface area (Å²) < 4.78 is 5.60. The molecule has 3 nitrogen and oxygen atoms in total. The molecule has 0 aliphatic carbocycles. The zero-order valence-electron chi connectivity index (χ0n) is 9.73. The van der Waals surface area contributed by atoms with Gasteiger partial charge in [-0.2, -0.15) is 0 Å². The van der Waals surface area contributed by atoms with Gasteiger partial charge in [-0.15, -0.1) is 0 Å². The van der Waals surface area contributed by atoms with E-state index in [0.29, 0.717) is 6.61 Å². The number of rotatable bonds is 5. The van der Waals surface area contributed by atoms with Crippen molar-refractivity contribution in [1.29, 1.82) is 0 Å². The number of hydrogen-bond acceptors (Lipinski definition) is 3. The molecule has 0 amide bonds. The van der Waals surface area contributed by atoms with Crippen molar-refractivity contribution in [3.05, 3.63) is 24.3 Å². The van der Waals surface area contributed by atoms with E-state index >= 15 is 0 Å². The first-order chi connectivity index (χ1) is 7.09. The molecule has 2 N–H and O–H groups in total. The van der Waals surface area contributed by atoms with Crippen molar-refractivity contribution in [2.45, 2.75) is 19.4 Å². The molecular weight excluding hydrogens is 188 g/mol. The molecule has 15 heavy (non-hydrogen) atoms. The van der Waals surface area contributed by atoms with Gasteiger partial charge in [-0.1, -0.05) is 6.07 Å². The van der Waals surface area contributed by atoms with Crippen molar-refractivity contribution in [3.8, 4) is 5.75 Å². The third kappa shape index (κ3) is 4.21. The summed E-state index contributed by atoms with van der Waals surface area (Å²) in [5, 5.41) is 0. The fourth-order valence-corrected chi connectivity index (χ4v) is 1.21. The van der Waals surface area contributed by atoms with E-state index in [4.69, 9.17) is 10.5 Å². The van der Waals surface area contributed by atoms with E-state index in [1.54, 1.807) is 0 Å². The number of anilines is 1. The minimum atomic E-state index is 0.196. The van der Waals surface area contributed by atoms with E-state index < -0.39 is 0 Å². The summed E-state index contributed by atoms with van der Waals surface area (Å²) in [6, 6.07) is 8.24. The van der Waals surface area contributed by atoms with Crippen LogP contribution < -0.4 is 15.4 Å². The Morgan fingerprint density at radius 2 is 2.13 bits per heavy atom. The molecule has 0 aliphatic heterocycles. The van der Waals surface area contributed by atoms with Gasteiger partial charge in [0.2, 0.25) is 0 Å². The first-order valence-electron chi connectivity index (χ1n) is 5.25. The Kier molecular flexibility index (Phi) is 4.43. The maximum Gasteiger partial charge on any atom is 0.121 e. The second-order valence-corrected chi connectivity index (χ2v) is 4.01. The summed E-state index contributed by atoms with van der Waals surface area (Å²) in [5.74, 6) is 0.904.